The number of H-pyrrole nitrogens is 1. The molecule has 1 N–H and O–H groups in total. The Morgan fingerprint density at radius 3 is 2.67 bits per heavy atom. The summed E-state index contributed by atoms with van der Waals surface area (Å²) in [6.45, 7) is 0. The molecule has 0 aliphatic carbocycles. The molecule has 1 aromatic heterocycles. The summed E-state index contributed by atoms with van der Waals surface area (Å²) >= 11 is 7.19. The Balaban J connectivity index is 3.38. The van der Waals surface area contributed by atoms with Crippen molar-refractivity contribution >= 4 is 34.2 Å². The van der Waals surface area contributed by atoms with Crippen molar-refractivity contribution < 1.29 is 8.78 Å². The average molecular weight is 305 g/mol. The Bertz CT molecular complexity index is 352. The standard InChI is InChI=1S/C6H3ClF2INO/c7-4-2(5(8)9)1-3(12)11-6(4)10/h1,5H,(H,11,12). The van der Waals surface area contributed by atoms with Crippen molar-refractivity contribution in [3.63, 3.8) is 0 Å². The molecule has 1 aromatic rings. The van der Waals surface area contributed by atoms with Crippen molar-refractivity contribution in [3.8, 4) is 0 Å². The van der Waals surface area contributed by atoms with E-state index in [0.717, 1.165) is 6.07 Å². The molecule has 66 valence electrons. The summed E-state index contributed by atoms with van der Waals surface area (Å²) in [5.41, 5.74) is -0.996. The van der Waals surface area contributed by atoms with E-state index >= 15 is 0 Å². The predicted octanol–water partition coefficient (Wildman–Crippen LogP) is 2.57. The maximum atomic E-state index is 12.1. The van der Waals surface area contributed by atoms with Crippen molar-refractivity contribution in [1.82, 2.24) is 4.98 Å². The summed E-state index contributed by atoms with van der Waals surface area (Å²) < 4.78 is 24.5. The fourth-order valence-electron chi connectivity index (χ4n) is 0.689. The maximum absolute atomic E-state index is 12.1. The predicted molar refractivity (Wildman–Crippen MR) is 49.7 cm³/mol. The van der Waals surface area contributed by atoms with Gasteiger partial charge in [0, 0.05) is 11.6 Å². The van der Waals surface area contributed by atoms with E-state index in [0.29, 0.717) is 0 Å². The van der Waals surface area contributed by atoms with E-state index in [-0.39, 0.29) is 8.72 Å². The van der Waals surface area contributed by atoms with Gasteiger partial charge in [-0.05, 0) is 22.6 Å². The molecule has 0 saturated heterocycles. The molecule has 1 rings (SSSR count). The lowest BCUT2D eigenvalue weighted by Gasteiger charge is -2.02. The normalized spacial score (nSPS) is 10.8. The Morgan fingerprint density at radius 2 is 2.17 bits per heavy atom. The zero-order chi connectivity index (χ0) is 9.30. The SMILES string of the molecule is O=c1cc(C(F)F)c(Cl)c(I)[nH]1. The minimum Gasteiger partial charge on any atom is -0.316 e. The second-order valence-electron chi connectivity index (χ2n) is 2.02. The topological polar surface area (TPSA) is 32.9 Å². The molecule has 0 bridgehead atoms. The second kappa shape index (κ2) is 3.69. The third-order valence-corrected chi connectivity index (χ3v) is 2.74. The van der Waals surface area contributed by atoms with Gasteiger partial charge in [0.1, 0.15) is 0 Å². The first kappa shape index (κ1) is 9.91. The Labute approximate surface area is 85.1 Å². The zero-order valence-electron chi connectivity index (χ0n) is 5.57. The highest BCUT2D eigenvalue weighted by Gasteiger charge is 2.14. The van der Waals surface area contributed by atoms with E-state index in [1.807, 2.05) is 0 Å². The van der Waals surface area contributed by atoms with Crippen LogP contribution in [0.3, 0.4) is 0 Å². The van der Waals surface area contributed by atoms with Gasteiger partial charge in [-0.25, -0.2) is 8.78 Å². The van der Waals surface area contributed by atoms with Gasteiger partial charge in [0.25, 0.3) is 6.43 Å². The van der Waals surface area contributed by atoms with Crippen LogP contribution in [0.5, 0.6) is 0 Å². The van der Waals surface area contributed by atoms with E-state index in [4.69, 9.17) is 11.6 Å². The number of nitrogens with one attached hydrogen (secondary N) is 1. The van der Waals surface area contributed by atoms with E-state index < -0.39 is 17.5 Å². The third-order valence-electron chi connectivity index (χ3n) is 1.20. The van der Waals surface area contributed by atoms with Gasteiger partial charge in [-0.3, -0.25) is 4.79 Å². The van der Waals surface area contributed by atoms with Gasteiger partial charge >= 0.3 is 0 Å². The number of halogens is 4. The minimum atomic E-state index is -2.71. The highest BCUT2D eigenvalue weighted by molar-refractivity contribution is 14.1. The summed E-state index contributed by atoms with van der Waals surface area (Å²) in [5, 5.41) is -0.0924. The molecule has 0 aliphatic rings. The minimum absolute atomic E-state index is 0.0924. The summed E-state index contributed by atoms with van der Waals surface area (Å²) in [7, 11) is 0. The Hall–Kier alpha value is -0.170. The van der Waals surface area contributed by atoms with Crippen LogP contribution in [0, 0.1) is 3.70 Å². The smallest absolute Gasteiger partial charge is 0.265 e. The quantitative estimate of drug-likeness (QED) is 0.628. The van der Waals surface area contributed by atoms with Crippen LogP contribution in [0.2, 0.25) is 5.02 Å². The lowest BCUT2D eigenvalue weighted by atomic mass is 10.3. The van der Waals surface area contributed by atoms with Gasteiger partial charge in [0.15, 0.2) is 0 Å². The number of pyridine rings is 1. The van der Waals surface area contributed by atoms with Crippen molar-refractivity contribution in [1.29, 1.82) is 0 Å². The molecule has 0 atom stereocenters. The number of aromatic amines is 1. The molecule has 1 heterocycles. The fraction of sp³-hybridized carbons (Fsp3) is 0.167. The number of hydrogen-bond acceptors (Lipinski definition) is 1. The molecule has 0 unspecified atom stereocenters. The van der Waals surface area contributed by atoms with Crippen LogP contribution in [0.4, 0.5) is 8.78 Å². The zero-order valence-corrected chi connectivity index (χ0v) is 8.49. The molecule has 0 aromatic carbocycles. The van der Waals surface area contributed by atoms with Gasteiger partial charge in [0.05, 0.1) is 8.72 Å². The maximum Gasteiger partial charge on any atom is 0.265 e. The van der Waals surface area contributed by atoms with Crippen molar-refractivity contribution in [3.05, 3.63) is 30.7 Å². The molecule has 6 heteroatoms. The number of hydrogen-bond donors (Lipinski definition) is 1. The number of rotatable bonds is 1. The largest absolute Gasteiger partial charge is 0.316 e. The van der Waals surface area contributed by atoms with Crippen LogP contribution in [-0.4, -0.2) is 4.98 Å². The Kier molecular flexibility index (Phi) is 3.05. The molecule has 0 saturated carbocycles. The first-order valence-electron chi connectivity index (χ1n) is 2.88. The van der Waals surface area contributed by atoms with Crippen LogP contribution in [-0.2, 0) is 0 Å². The second-order valence-corrected chi connectivity index (χ2v) is 3.47. The van der Waals surface area contributed by atoms with Gasteiger partial charge in [-0.1, -0.05) is 11.6 Å². The van der Waals surface area contributed by atoms with Crippen LogP contribution < -0.4 is 5.56 Å². The molecular weight excluding hydrogens is 302 g/mol. The first-order chi connectivity index (χ1) is 5.52. The average Bonchev–Trinajstić information content (AvgIpc) is 1.96. The molecule has 2 nitrogen and oxygen atoms in total. The van der Waals surface area contributed by atoms with Gasteiger partial charge in [0.2, 0.25) is 5.56 Å². The van der Waals surface area contributed by atoms with E-state index in [9.17, 15) is 13.6 Å². The van der Waals surface area contributed by atoms with Crippen LogP contribution >= 0.6 is 34.2 Å². The summed E-state index contributed by atoms with van der Waals surface area (Å²) in [6.07, 6.45) is -2.71. The number of aromatic nitrogens is 1. The Morgan fingerprint density at radius 1 is 1.58 bits per heavy atom. The van der Waals surface area contributed by atoms with Gasteiger partial charge in [-0.2, -0.15) is 0 Å². The molecular formula is C6H3ClF2INO. The lowest BCUT2D eigenvalue weighted by molar-refractivity contribution is 0.151. The highest BCUT2D eigenvalue weighted by atomic mass is 127. The van der Waals surface area contributed by atoms with Crippen molar-refractivity contribution in [2.24, 2.45) is 0 Å². The van der Waals surface area contributed by atoms with Gasteiger partial charge < -0.3 is 4.98 Å². The van der Waals surface area contributed by atoms with Crippen LogP contribution in [0.1, 0.15) is 12.0 Å². The summed E-state index contributed by atoms with van der Waals surface area (Å²) in [6, 6.07) is 0.801. The molecule has 0 amide bonds. The van der Waals surface area contributed by atoms with Crippen molar-refractivity contribution in [2.75, 3.05) is 0 Å². The highest BCUT2D eigenvalue weighted by Crippen LogP contribution is 2.27. The van der Waals surface area contributed by atoms with Gasteiger partial charge in [-0.15, -0.1) is 0 Å². The van der Waals surface area contributed by atoms with Crippen LogP contribution in [0.25, 0.3) is 0 Å². The lowest BCUT2D eigenvalue weighted by Crippen LogP contribution is -2.08. The molecule has 0 radical (unpaired) electrons. The summed E-state index contributed by atoms with van der Waals surface area (Å²) in [4.78, 5) is 13.0. The molecule has 0 spiro atoms. The van der Waals surface area contributed by atoms with E-state index in [1.165, 1.54) is 0 Å². The van der Waals surface area contributed by atoms with E-state index in [2.05, 4.69) is 4.98 Å². The summed E-state index contributed by atoms with van der Waals surface area (Å²) in [5.74, 6) is 0. The fourth-order valence-corrected chi connectivity index (χ4v) is 1.45. The first-order valence-corrected chi connectivity index (χ1v) is 4.34. The molecule has 0 fully saturated rings. The monoisotopic (exact) mass is 305 g/mol. The molecule has 12 heavy (non-hydrogen) atoms. The van der Waals surface area contributed by atoms with E-state index in [1.54, 1.807) is 22.6 Å². The van der Waals surface area contributed by atoms with Crippen LogP contribution in [0.15, 0.2) is 10.9 Å². The number of alkyl halides is 2. The molecule has 0 aliphatic heterocycles. The third kappa shape index (κ3) is 1.95. The van der Waals surface area contributed by atoms with Crippen molar-refractivity contribution in [2.45, 2.75) is 6.43 Å².